The third-order valence-electron chi connectivity index (χ3n) is 2.45. The van der Waals surface area contributed by atoms with Gasteiger partial charge in [0, 0.05) is 18.7 Å². The molecule has 0 fully saturated rings. The van der Waals surface area contributed by atoms with Crippen molar-refractivity contribution in [2.24, 2.45) is 5.73 Å². The van der Waals surface area contributed by atoms with E-state index in [4.69, 9.17) is 15.2 Å². The van der Waals surface area contributed by atoms with Crippen LogP contribution in [0.3, 0.4) is 0 Å². The van der Waals surface area contributed by atoms with Crippen molar-refractivity contribution in [3.05, 3.63) is 29.3 Å². The second kappa shape index (κ2) is 6.59. The van der Waals surface area contributed by atoms with Gasteiger partial charge in [0.15, 0.2) is 0 Å². The summed E-state index contributed by atoms with van der Waals surface area (Å²) in [4.78, 5) is 0. The van der Waals surface area contributed by atoms with Gasteiger partial charge in [0.1, 0.15) is 18.5 Å². The molecule has 0 spiro atoms. The highest BCUT2D eigenvalue weighted by Crippen LogP contribution is 2.25. The van der Waals surface area contributed by atoms with Crippen molar-refractivity contribution in [3.8, 4) is 5.75 Å². The Morgan fingerprint density at radius 3 is 2.65 bits per heavy atom. The first-order chi connectivity index (χ1) is 8.04. The molecule has 4 nitrogen and oxygen atoms in total. The number of hydrogen-bond acceptors (Lipinski definition) is 4. The van der Waals surface area contributed by atoms with Crippen LogP contribution in [0.25, 0.3) is 0 Å². The molecule has 0 aliphatic carbocycles. The highest BCUT2D eigenvalue weighted by atomic mass is 16.5. The normalized spacial score (nSPS) is 14.4. The first kappa shape index (κ1) is 14.0. The number of methoxy groups -OCH3 is 1. The highest BCUT2D eigenvalue weighted by molar-refractivity contribution is 5.38. The van der Waals surface area contributed by atoms with Gasteiger partial charge < -0.3 is 20.3 Å². The molecule has 0 aliphatic heterocycles. The third kappa shape index (κ3) is 4.34. The van der Waals surface area contributed by atoms with Gasteiger partial charge in [-0.3, -0.25) is 0 Å². The van der Waals surface area contributed by atoms with Crippen molar-refractivity contribution >= 4 is 0 Å². The Hall–Kier alpha value is -1.10. The number of aliphatic hydroxyl groups is 1. The largest absolute Gasteiger partial charge is 0.490 e. The average molecular weight is 239 g/mol. The Bertz CT molecular complexity index is 353. The van der Waals surface area contributed by atoms with E-state index in [2.05, 4.69) is 0 Å². The Balaban J connectivity index is 2.70. The average Bonchev–Trinajstić information content (AvgIpc) is 2.27. The molecule has 0 amide bonds. The maximum Gasteiger partial charge on any atom is 0.124 e. The van der Waals surface area contributed by atoms with Gasteiger partial charge in [0.25, 0.3) is 0 Å². The fourth-order valence-corrected chi connectivity index (χ4v) is 1.58. The Kier molecular flexibility index (Phi) is 5.41. The van der Waals surface area contributed by atoms with Crippen LogP contribution in [0.4, 0.5) is 0 Å². The number of benzene rings is 1. The lowest BCUT2D eigenvalue weighted by molar-refractivity contribution is 0.0322. The molecule has 1 aromatic carbocycles. The molecule has 0 aromatic heterocycles. The van der Waals surface area contributed by atoms with Crippen LogP contribution in [-0.2, 0) is 4.74 Å². The van der Waals surface area contributed by atoms with Gasteiger partial charge in [-0.25, -0.2) is 0 Å². The minimum Gasteiger partial charge on any atom is -0.490 e. The van der Waals surface area contributed by atoms with Crippen LogP contribution in [-0.4, -0.2) is 31.5 Å². The highest BCUT2D eigenvalue weighted by Gasteiger charge is 2.10. The monoisotopic (exact) mass is 239 g/mol. The van der Waals surface area contributed by atoms with Gasteiger partial charge in [-0.15, -0.1) is 0 Å². The smallest absolute Gasteiger partial charge is 0.124 e. The number of nitrogens with two attached hydrogens (primary N) is 1. The van der Waals surface area contributed by atoms with E-state index in [1.807, 2.05) is 32.0 Å². The molecule has 96 valence electrons. The van der Waals surface area contributed by atoms with Crippen LogP contribution in [0.1, 0.15) is 24.1 Å². The zero-order valence-corrected chi connectivity index (χ0v) is 10.6. The molecule has 0 saturated carbocycles. The number of aryl methyl sites for hydroxylation is 1. The maximum absolute atomic E-state index is 9.51. The molecule has 0 radical (unpaired) electrons. The summed E-state index contributed by atoms with van der Waals surface area (Å²) in [6.07, 6.45) is -0.623. The van der Waals surface area contributed by atoms with E-state index in [-0.39, 0.29) is 19.3 Å². The van der Waals surface area contributed by atoms with E-state index in [0.29, 0.717) is 0 Å². The SMILES string of the molecule is COCC(O)COc1ccc(C)cc1[C@H](C)N. The molecular weight excluding hydrogens is 218 g/mol. The van der Waals surface area contributed by atoms with Crippen LogP contribution >= 0.6 is 0 Å². The number of aliphatic hydroxyl groups excluding tert-OH is 1. The van der Waals surface area contributed by atoms with Crippen molar-refractivity contribution in [1.29, 1.82) is 0 Å². The molecule has 0 heterocycles. The van der Waals surface area contributed by atoms with Crippen molar-refractivity contribution in [1.82, 2.24) is 0 Å². The molecule has 2 atom stereocenters. The lowest BCUT2D eigenvalue weighted by Gasteiger charge is -2.16. The Morgan fingerprint density at radius 2 is 2.06 bits per heavy atom. The number of rotatable bonds is 6. The summed E-state index contributed by atoms with van der Waals surface area (Å²) in [5, 5.41) is 9.51. The molecule has 4 heteroatoms. The minimum absolute atomic E-state index is 0.0931. The minimum atomic E-state index is -0.623. The first-order valence-corrected chi connectivity index (χ1v) is 5.70. The van der Waals surface area contributed by atoms with Gasteiger partial charge in [-0.05, 0) is 19.9 Å². The third-order valence-corrected chi connectivity index (χ3v) is 2.45. The Labute approximate surface area is 102 Å². The van der Waals surface area contributed by atoms with E-state index in [0.717, 1.165) is 16.9 Å². The van der Waals surface area contributed by atoms with Gasteiger partial charge in [0.05, 0.1) is 6.61 Å². The predicted octanol–water partition coefficient (Wildman–Crippen LogP) is 1.40. The van der Waals surface area contributed by atoms with Crippen LogP contribution in [0.2, 0.25) is 0 Å². The summed E-state index contributed by atoms with van der Waals surface area (Å²) in [6.45, 7) is 4.39. The molecule has 0 saturated heterocycles. The number of hydrogen-bond donors (Lipinski definition) is 2. The quantitative estimate of drug-likeness (QED) is 0.787. The lowest BCUT2D eigenvalue weighted by atomic mass is 10.1. The second-order valence-corrected chi connectivity index (χ2v) is 4.25. The van der Waals surface area contributed by atoms with Crippen LogP contribution in [0, 0.1) is 6.92 Å². The summed E-state index contributed by atoms with van der Waals surface area (Å²) < 4.78 is 10.4. The number of ether oxygens (including phenoxy) is 2. The fraction of sp³-hybridized carbons (Fsp3) is 0.538. The first-order valence-electron chi connectivity index (χ1n) is 5.70. The molecule has 1 aromatic rings. The van der Waals surface area contributed by atoms with E-state index in [9.17, 15) is 5.11 Å². The van der Waals surface area contributed by atoms with Crippen LogP contribution < -0.4 is 10.5 Å². The van der Waals surface area contributed by atoms with Crippen LogP contribution in [0.15, 0.2) is 18.2 Å². The fourth-order valence-electron chi connectivity index (χ4n) is 1.58. The summed E-state index contributed by atoms with van der Waals surface area (Å²) in [7, 11) is 1.54. The van der Waals surface area contributed by atoms with E-state index >= 15 is 0 Å². The standard InChI is InChI=1S/C13H21NO3/c1-9-4-5-13(12(6-9)10(2)14)17-8-11(15)7-16-3/h4-6,10-11,15H,7-8,14H2,1-3H3/t10-,11?/m0/s1. The van der Waals surface area contributed by atoms with Crippen LogP contribution in [0.5, 0.6) is 5.75 Å². The molecular formula is C13H21NO3. The van der Waals surface area contributed by atoms with Crippen molar-refractivity contribution in [2.75, 3.05) is 20.3 Å². The van der Waals surface area contributed by atoms with E-state index in [1.165, 1.54) is 0 Å². The molecule has 3 N–H and O–H groups in total. The summed E-state index contributed by atoms with van der Waals surface area (Å²) in [5.41, 5.74) is 7.98. The molecule has 0 aliphatic rings. The van der Waals surface area contributed by atoms with E-state index in [1.54, 1.807) is 7.11 Å². The van der Waals surface area contributed by atoms with Gasteiger partial charge in [-0.1, -0.05) is 17.7 Å². The summed E-state index contributed by atoms with van der Waals surface area (Å²) in [6, 6.07) is 5.75. The zero-order chi connectivity index (χ0) is 12.8. The Morgan fingerprint density at radius 1 is 1.35 bits per heavy atom. The molecule has 1 unspecified atom stereocenters. The molecule has 17 heavy (non-hydrogen) atoms. The van der Waals surface area contributed by atoms with E-state index < -0.39 is 6.10 Å². The second-order valence-electron chi connectivity index (χ2n) is 4.25. The van der Waals surface area contributed by atoms with Gasteiger partial charge in [0.2, 0.25) is 0 Å². The zero-order valence-electron chi connectivity index (χ0n) is 10.6. The van der Waals surface area contributed by atoms with Crippen molar-refractivity contribution in [3.63, 3.8) is 0 Å². The molecule has 1 rings (SSSR count). The topological polar surface area (TPSA) is 64.7 Å². The predicted molar refractivity (Wildman–Crippen MR) is 67.2 cm³/mol. The van der Waals surface area contributed by atoms with Gasteiger partial charge >= 0.3 is 0 Å². The van der Waals surface area contributed by atoms with Crippen molar-refractivity contribution < 1.29 is 14.6 Å². The maximum atomic E-state index is 9.51. The lowest BCUT2D eigenvalue weighted by Crippen LogP contribution is -2.23. The van der Waals surface area contributed by atoms with Crippen molar-refractivity contribution in [2.45, 2.75) is 26.0 Å². The van der Waals surface area contributed by atoms with Gasteiger partial charge in [-0.2, -0.15) is 0 Å². The summed E-state index contributed by atoms with van der Waals surface area (Å²) >= 11 is 0. The summed E-state index contributed by atoms with van der Waals surface area (Å²) in [5.74, 6) is 0.723. The molecule has 0 bridgehead atoms.